The fraction of sp³-hybridized carbons (Fsp3) is 0.400. The van der Waals surface area contributed by atoms with Gasteiger partial charge >= 0.3 is 0 Å². The fourth-order valence-electron chi connectivity index (χ4n) is 2.71. The molecule has 2 saturated carbocycles. The van der Waals surface area contributed by atoms with Crippen molar-refractivity contribution in [2.24, 2.45) is 0 Å². The van der Waals surface area contributed by atoms with Gasteiger partial charge in [0.2, 0.25) is 0 Å². The second kappa shape index (κ2) is 4.40. The first-order valence-corrected chi connectivity index (χ1v) is 7.73. The van der Waals surface area contributed by atoms with Gasteiger partial charge in [0.1, 0.15) is 17.3 Å². The van der Waals surface area contributed by atoms with Gasteiger partial charge in [-0.05, 0) is 43.9 Å². The van der Waals surface area contributed by atoms with Crippen LogP contribution in [-0.4, -0.2) is 9.55 Å². The van der Waals surface area contributed by atoms with E-state index in [1.807, 2.05) is 12.1 Å². The van der Waals surface area contributed by atoms with Crippen molar-refractivity contribution in [3.05, 3.63) is 34.1 Å². The van der Waals surface area contributed by atoms with Gasteiger partial charge in [0.05, 0.1) is 0 Å². The van der Waals surface area contributed by atoms with E-state index in [0.717, 1.165) is 22.9 Å². The predicted molar refractivity (Wildman–Crippen MR) is 82.3 cm³/mol. The van der Waals surface area contributed by atoms with Gasteiger partial charge < -0.3 is 10.3 Å². The number of nitrogen functional groups attached to an aromatic ring is 1. The Labute approximate surface area is 127 Å². The van der Waals surface area contributed by atoms with E-state index in [4.69, 9.17) is 33.9 Å². The van der Waals surface area contributed by atoms with Crippen molar-refractivity contribution in [3.8, 4) is 11.3 Å². The first kappa shape index (κ1) is 12.5. The number of hydrogen-bond donors (Lipinski definition) is 1. The molecule has 104 valence electrons. The van der Waals surface area contributed by atoms with Crippen LogP contribution in [0.3, 0.4) is 0 Å². The van der Waals surface area contributed by atoms with Crippen LogP contribution < -0.4 is 5.73 Å². The van der Waals surface area contributed by atoms with Crippen LogP contribution in [0.4, 0.5) is 5.82 Å². The van der Waals surface area contributed by atoms with Crippen LogP contribution in [-0.2, 0) is 0 Å². The molecule has 20 heavy (non-hydrogen) atoms. The summed E-state index contributed by atoms with van der Waals surface area (Å²) in [5.41, 5.74) is 8.08. The number of hydrogen-bond acceptors (Lipinski definition) is 2. The molecule has 0 aliphatic heterocycles. The van der Waals surface area contributed by atoms with E-state index in [0.29, 0.717) is 22.0 Å². The molecule has 5 heteroatoms. The molecule has 1 aromatic carbocycles. The molecule has 4 rings (SSSR count). The summed E-state index contributed by atoms with van der Waals surface area (Å²) in [5.74, 6) is 2.49. The van der Waals surface area contributed by atoms with Crippen molar-refractivity contribution in [3.63, 3.8) is 0 Å². The molecule has 0 amide bonds. The van der Waals surface area contributed by atoms with E-state index in [2.05, 4.69) is 4.57 Å². The van der Waals surface area contributed by atoms with Crippen molar-refractivity contribution in [1.29, 1.82) is 0 Å². The highest BCUT2D eigenvalue weighted by atomic mass is 35.5. The zero-order valence-corrected chi connectivity index (χ0v) is 12.5. The van der Waals surface area contributed by atoms with Crippen molar-refractivity contribution < 1.29 is 0 Å². The van der Waals surface area contributed by atoms with Gasteiger partial charge in [0.25, 0.3) is 0 Å². The van der Waals surface area contributed by atoms with Gasteiger partial charge in [-0.3, -0.25) is 0 Å². The van der Waals surface area contributed by atoms with Crippen molar-refractivity contribution in [1.82, 2.24) is 9.55 Å². The molecule has 3 nitrogen and oxygen atoms in total. The number of benzene rings is 1. The largest absolute Gasteiger partial charge is 0.383 e. The monoisotopic (exact) mass is 307 g/mol. The number of nitrogens with two attached hydrogens (primary N) is 1. The molecule has 0 bridgehead atoms. The number of anilines is 1. The number of rotatable bonds is 3. The topological polar surface area (TPSA) is 43.8 Å². The molecular weight excluding hydrogens is 293 g/mol. The molecule has 1 aromatic heterocycles. The van der Waals surface area contributed by atoms with E-state index in [9.17, 15) is 0 Å². The van der Waals surface area contributed by atoms with E-state index in [1.54, 1.807) is 6.07 Å². The highest BCUT2D eigenvalue weighted by Crippen LogP contribution is 2.48. The van der Waals surface area contributed by atoms with Crippen molar-refractivity contribution in [2.45, 2.75) is 37.6 Å². The highest BCUT2D eigenvalue weighted by Gasteiger charge is 2.36. The van der Waals surface area contributed by atoms with Gasteiger partial charge in [0, 0.05) is 27.6 Å². The number of imidazole rings is 1. The Hall–Kier alpha value is -1.19. The summed E-state index contributed by atoms with van der Waals surface area (Å²) in [6, 6.07) is 6.02. The second-order valence-corrected chi connectivity index (χ2v) is 6.61. The highest BCUT2D eigenvalue weighted by molar-refractivity contribution is 6.35. The third kappa shape index (κ3) is 2.09. The van der Waals surface area contributed by atoms with Crippen LogP contribution in [0.5, 0.6) is 0 Å². The molecule has 0 unspecified atom stereocenters. The first-order chi connectivity index (χ1) is 9.63. The van der Waals surface area contributed by atoms with Crippen LogP contribution >= 0.6 is 23.2 Å². The van der Waals surface area contributed by atoms with Crippen LogP contribution in [0, 0.1) is 0 Å². The summed E-state index contributed by atoms with van der Waals surface area (Å²) in [4.78, 5) is 4.81. The number of nitrogens with zero attached hydrogens (tertiary/aromatic N) is 2. The Morgan fingerprint density at radius 2 is 1.70 bits per heavy atom. The van der Waals surface area contributed by atoms with Crippen LogP contribution in [0.15, 0.2) is 18.2 Å². The first-order valence-electron chi connectivity index (χ1n) is 6.97. The van der Waals surface area contributed by atoms with Crippen molar-refractivity contribution in [2.75, 3.05) is 5.73 Å². The zero-order chi connectivity index (χ0) is 13.9. The lowest BCUT2D eigenvalue weighted by Gasteiger charge is -2.07. The maximum atomic E-state index is 6.36. The fourth-order valence-corrected chi connectivity index (χ4v) is 3.24. The van der Waals surface area contributed by atoms with Gasteiger partial charge in [0.15, 0.2) is 0 Å². The number of aromatic nitrogens is 2. The van der Waals surface area contributed by atoms with E-state index >= 15 is 0 Å². The van der Waals surface area contributed by atoms with Crippen LogP contribution in [0.25, 0.3) is 11.3 Å². The summed E-state index contributed by atoms with van der Waals surface area (Å²) < 4.78 is 2.24. The lowest BCUT2D eigenvalue weighted by atomic mass is 10.1. The quantitative estimate of drug-likeness (QED) is 0.897. The van der Waals surface area contributed by atoms with E-state index < -0.39 is 0 Å². The Bertz CT molecular complexity index is 664. The zero-order valence-electron chi connectivity index (χ0n) is 10.9. The minimum Gasteiger partial charge on any atom is -0.383 e. The molecular formula is C15H15Cl2N3. The minimum atomic E-state index is 0.543. The molecule has 2 aliphatic carbocycles. The minimum absolute atomic E-state index is 0.543. The molecule has 0 spiro atoms. The average molecular weight is 308 g/mol. The molecule has 2 aromatic rings. The number of halogens is 2. The Kier molecular flexibility index (Phi) is 2.76. The normalized spacial score (nSPS) is 18.5. The lowest BCUT2D eigenvalue weighted by Crippen LogP contribution is -2.04. The standard InChI is InChI=1S/C15H15Cl2N3/c16-10-5-9(6-11(17)7-10)13-14(18)20(12-3-4-12)15(19-13)8-1-2-8/h5-8,12H,1-4,18H2. The lowest BCUT2D eigenvalue weighted by molar-refractivity contribution is 0.691. The molecule has 0 atom stereocenters. The van der Waals surface area contributed by atoms with Crippen LogP contribution in [0.2, 0.25) is 10.0 Å². The Balaban J connectivity index is 1.87. The van der Waals surface area contributed by atoms with Gasteiger partial charge in [-0.25, -0.2) is 4.98 Å². The second-order valence-electron chi connectivity index (χ2n) is 5.74. The maximum absolute atomic E-state index is 6.36. The summed E-state index contributed by atoms with van der Waals surface area (Å²) >= 11 is 12.2. The van der Waals surface area contributed by atoms with Gasteiger partial charge in [-0.1, -0.05) is 23.2 Å². The summed E-state index contributed by atoms with van der Waals surface area (Å²) in [7, 11) is 0. The molecule has 2 fully saturated rings. The maximum Gasteiger partial charge on any atom is 0.132 e. The molecule has 0 saturated heterocycles. The van der Waals surface area contributed by atoms with Crippen LogP contribution in [0.1, 0.15) is 43.5 Å². The SMILES string of the molecule is Nc1c(-c2cc(Cl)cc(Cl)c2)nc(C2CC2)n1C1CC1. The summed E-state index contributed by atoms with van der Waals surface area (Å²) in [6.07, 6.45) is 4.85. The predicted octanol–water partition coefficient (Wildman–Crippen LogP) is 4.65. The molecule has 1 heterocycles. The van der Waals surface area contributed by atoms with E-state index in [1.165, 1.54) is 25.7 Å². The molecule has 0 radical (unpaired) electrons. The van der Waals surface area contributed by atoms with E-state index in [-0.39, 0.29) is 0 Å². The molecule has 2 N–H and O–H groups in total. The van der Waals surface area contributed by atoms with Gasteiger partial charge in [-0.2, -0.15) is 0 Å². The van der Waals surface area contributed by atoms with Gasteiger partial charge in [-0.15, -0.1) is 0 Å². The Morgan fingerprint density at radius 3 is 2.25 bits per heavy atom. The summed E-state index contributed by atoms with van der Waals surface area (Å²) in [6.45, 7) is 0. The molecule has 2 aliphatic rings. The summed E-state index contributed by atoms with van der Waals surface area (Å²) in [5, 5.41) is 1.22. The third-order valence-electron chi connectivity index (χ3n) is 3.97. The average Bonchev–Trinajstić information content (AvgIpc) is 3.26. The smallest absolute Gasteiger partial charge is 0.132 e. The Morgan fingerprint density at radius 1 is 1.05 bits per heavy atom. The van der Waals surface area contributed by atoms with Crippen molar-refractivity contribution >= 4 is 29.0 Å². The third-order valence-corrected chi connectivity index (χ3v) is 4.40.